The maximum Gasteiger partial charge on any atom is 0.325 e. The summed E-state index contributed by atoms with van der Waals surface area (Å²) in [5, 5.41) is 2.70. The molecule has 3 rings (SSSR count). The zero-order chi connectivity index (χ0) is 18.7. The highest BCUT2D eigenvalue weighted by Gasteiger charge is 2.51. The van der Waals surface area contributed by atoms with Crippen molar-refractivity contribution in [2.24, 2.45) is 0 Å². The van der Waals surface area contributed by atoms with Gasteiger partial charge in [-0.1, -0.05) is 31.2 Å². The number of urea groups is 1. The van der Waals surface area contributed by atoms with Crippen LogP contribution in [0.1, 0.15) is 18.9 Å². The highest BCUT2D eigenvalue weighted by atomic mass is 19.1. The molecule has 0 saturated carbocycles. The van der Waals surface area contributed by atoms with E-state index in [1.165, 1.54) is 42.5 Å². The zero-order valence-corrected chi connectivity index (χ0v) is 14.2. The van der Waals surface area contributed by atoms with Gasteiger partial charge in [0, 0.05) is 0 Å². The van der Waals surface area contributed by atoms with Gasteiger partial charge in [-0.2, -0.15) is 0 Å². The van der Waals surface area contributed by atoms with Gasteiger partial charge in [-0.15, -0.1) is 0 Å². The lowest BCUT2D eigenvalue weighted by Gasteiger charge is -2.25. The SMILES string of the molecule is CC[C@@]1(c2ccc(F)cc2)NC(=O)N(CCOc2ccccc2F)C1=O. The number of ether oxygens (including phenoxy) is 1. The summed E-state index contributed by atoms with van der Waals surface area (Å²) < 4.78 is 32.1. The molecule has 0 aliphatic carbocycles. The molecule has 0 aromatic heterocycles. The summed E-state index contributed by atoms with van der Waals surface area (Å²) in [7, 11) is 0. The second-order valence-electron chi connectivity index (χ2n) is 5.93. The normalized spacial score (nSPS) is 19.6. The minimum absolute atomic E-state index is 0.0258. The summed E-state index contributed by atoms with van der Waals surface area (Å²) >= 11 is 0. The van der Waals surface area contributed by atoms with Gasteiger partial charge in [0.2, 0.25) is 0 Å². The van der Waals surface area contributed by atoms with Crippen LogP contribution in [0.5, 0.6) is 5.75 Å². The first-order valence-electron chi connectivity index (χ1n) is 8.25. The van der Waals surface area contributed by atoms with Crippen molar-refractivity contribution in [3.05, 3.63) is 65.7 Å². The molecule has 0 bridgehead atoms. The first-order valence-corrected chi connectivity index (χ1v) is 8.25. The van der Waals surface area contributed by atoms with Gasteiger partial charge in [-0.05, 0) is 36.2 Å². The van der Waals surface area contributed by atoms with Crippen LogP contribution in [0.4, 0.5) is 13.6 Å². The fourth-order valence-electron chi connectivity index (χ4n) is 3.01. The Morgan fingerprint density at radius 1 is 1.08 bits per heavy atom. The number of nitrogens with zero attached hydrogens (tertiary/aromatic N) is 1. The Kier molecular flexibility index (Phi) is 4.88. The fourth-order valence-corrected chi connectivity index (χ4v) is 3.01. The molecule has 1 N–H and O–H groups in total. The van der Waals surface area contributed by atoms with Crippen LogP contribution in [0.15, 0.2) is 48.5 Å². The molecule has 0 unspecified atom stereocenters. The number of para-hydroxylation sites is 1. The van der Waals surface area contributed by atoms with Gasteiger partial charge >= 0.3 is 6.03 Å². The van der Waals surface area contributed by atoms with Crippen LogP contribution in [-0.4, -0.2) is 30.0 Å². The van der Waals surface area contributed by atoms with Gasteiger partial charge in [-0.25, -0.2) is 13.6 Å². The van der Waals surface area contributed by atoms with Crippen LogP contribution in [0.3, 0.4) is 0 Å². The molecule has 136 valence electrons. The van der Waals surface area contributed by atoms with Crippen molar-refractivity contribution in [3.63, 3.8) is 0 Å². The minimum Gasteiger partial charge on any atom is -0.489 e. The van der Waals surface area contributed by atoms with Crippen LogP contribution in [0.25, 0.3) is 0 Å². The number of carbonyl (C=O) groups is 2. The van der Waals surface area contributed by atoms with E-state index in [9.17, 15) is 18.4 Å². The maximum absolute atomic E-state index is 13.6. The number of benzene rings is 2. The van der Waals surface area contributed by atoms with Crippen molar-refractivity contribution in [2.75, 3.05) is 13.2 Å². The summed E-state index contributed by atoms with van der Waals surface area (Å²) in [4.78, 5) is 26.2. The Hall–Kier alpha value is -2.96. The van der Waals surface area contributed by atoms with Crippen LogP contribution in [0, 0.1) is 11.6 Å². The Balaban J connectivity index is 1.73. The Labute approximate surface area is 149 Å². The first-order chi connectivity index (χ1) is 12.5. The molecule has 2 aromatic rings. The van der Waals surface area contributed by atoms with Crippen molar-refractivity contribution in [3.8, 4) is 5.75 Å². The average molecular weight is 360 g/mol. The van der Waals surface area contributed by atoms with E-state index >= 15 is 0 Å². The fraction of sp³-hybridized carbons (Fsp3) is 0.263. The average Bonchev–Trinajstić information content (AvgIpc) is 2.89. The highest BCUT2D eigenvalue weighted by Crippen LogP contribution is 2.32. The number of amides is 3. The number of imide groups is 1. The molecular weight excluding hydrogens is 342 g/mol. The molecule has 0 spiro atoms. The van der Waals surface area contributed by atoms with Crippen LogP contribution in [-0.2, 0) is 10.3 Å². The summed E-state index contributed by atoms with van der Waals surface area (Å²) in [6.07, 6.45) is 0.313. The van der Waals surface area contributed by atoms with E-state index in [-0.39, 0.29) is 18.9 Å². The van der Waals surface area contributed by atoms with Crippen molar-refractivity contribution in [1.82, 2.24) is 10.2 Å². The maximum atomic E-state index is 13.6. The summed E-state index contributed by atoms with van der Waals surface area (Å²) in [6.45, 7) is 1.70. The molecular formula is C19H18F2N2O3. The van der Waals surface area contributed by atoms with E-state index in [1.54, 1.807) is 13.0 Å². The molecule has 7 heteroatoms. The Bertz CT molecular complexity index is 826. The minimum atomic E-state index is -1.23. The molecule has 2 aromatic carbocycles. The monoisotopic (exact) mass is 360 g/mol. The van der Waals surface area contributed by atoms with E-state index in [1.807, 2.05) is 0 Å². The first kappa shape index (κ1) is 17.8. The van der Waals surface area contributed by atoms with Gasteiger partial charge in [0.1, 0.15) is 18.0 Å². The van der Waals surface area contributed by atoms with Gasteiger partial charge < -0.3 is 10.1 Å². The molecule has 5 nitrogen and oxygen atoms in total. The lowest BCUT2D eigenvalue weighted by Crippen LogP contribution is -2.43. The molecule has 1 saturated heterocycles. The second kappa shape index (κ2) is 7.11. The molecule has 3 amide bonds. The van der Waals surface area contributed by atoms with Crippen LogP contribution < -0.4 is 10.1 Å². The predicted octanol–water partition coefficient (Wildman–Crippen LogP) is 3.20. The standard InChI is InChI=1S/C19H18F2N2O3/c1-2-19(13-7-9-14(20)10-8-13)17(24)23(18(25)22-19)11-12-26-16-6-4-3-5-15(16)21/h3-10H,2,11-12H2,1H3,(H,22,25)/t19-/m0/s1. The molecule has 1 aliphatic rings. The zero-order valence-electron chi connectivity index (χ0n) is 14.2. The topological polar surface area (TPSA) is 58.6 Å². The lowest BCUT2D eigenvalue weighted by atomic mass is 9.87. The van der Waals surface area contributed by atoms with Crippen LogP contribution >= 0.6 is 0 Å². The summed E-state index contributed by atoms with van der Waals surface area (Å²) in [5.74, 6) is -1.32. The van der Waals surface area contributed by atoms with Crippen molar-refractivity contribution in [1.29, 1.82) is 0 Å². The van der Waals surface area contributed by atoms with Crippen molar-refractivity contribution in [2.45, 2.75) is 18.9 Å². The lowest BCUT2D eigenvalue weighted by molar-refractivity contribution is -0.132. The van der Waals surface area contributed by atoms with E-state index in [0.717, 1.165) is 4.90 Å². The Morgan fingerprint density at radius 3 is 2.42 bits per heavy atom. The second-order valence-corrected chi connectivity index (χ2v) is 5.93. The molecule has 26 heavy (non-hydrogen) atoms. The van der Waals surface area contributed by atoms with Gasteiger partial charge in [0.05, 0.1) is 6.54 Å². The molecule has 0 radical (unpaired) electrons. The van der Waals surface area contributed by atoms with E-state index in [0.29, 0.717) is 12.0 Å². The molecule has 1 fully saturated rings. The molecule has 1 aliphatic heterocycles. The third-order valence-corrected chi connectivity index (χ3v) is 4.45. The number of hydrogen-bond acceptors (Lipinski definition) is 3. The van der Waals surface area contributed by atoms with Crippen LogP contribution in [0.2, 0.25) is 0 Å². The number of nitrogens with one attached hydrogen (secondary N) is 1. The van der Waals surface area contributed by atoms with Gasteiger partial charge in [-0.3, -0.25) is 9.69 Å². The van der Waals surface area contributed by atoms with Gasteiger partial charge in [0.15, 0.2) is 11.6 Å². The summed E-state index contributed by atoms with van der Waals surface area (Å²) in [5.41, 5.74) is -0.722. The largest absolute Gasteiger partial charge is 0.489 e. The Morgan fingerprint density at radius 2 is 1.77 bits per heavy atom. The van der Waals surface area contributed by atoms with E-state index in [2.05, 4.69) is 5.32 Å². The quantitative estimate of drug-likeness (QED) is 0.805. The third-order valence-electron chi connectivity index (χ3n) is 4.45. The van der Waals surface area contributed by atoms with Gasteiger partial charge in [0.25, 0.3) is 5.91 Å². The van der Waals surface area contributed by atoms with Crippen molar-refractivity contribution < 1.29 is 23.1 Å². The predicted molar refractivity (Wildman–Crippen MR) is 90.5 cm³/mol. The molecule has 1 heterocycles. The summed E-state index contributed by atoms with van der Waals surface area (Å²) in [6, 6.07) is 10.8. The number of halogens is 2. The number of carbonyl (C=O) groups excluding carboxylic acids is 2. The van der Waals surface area contributed by atoms with E-state index in [4.69, 9.17) is 4.74 Å². The van der Waals surface area contributed by atoms with Crippen molar-refractivity contribution >= 4 is 11.9 Å². The molecule has 1 atom stereocenters. The number of hydrogen-bond donors (Lipinski definition) is 1. The third kappa shape index (κ3) is 3.12. The number of rotatable bonds is 6. The smallest absolute Gasteiger partial charge is 0.325 e. The van der Waals surface area contributed by atoms with E-state index < -0.39 is 29.1 Å². The highest BCUT2D eigenvalue weighted by molar-refractivity contribution is 6.07.